The van der Waals surface area contributed by atoms with Gasteiger partial charge >= 0.3 is 0 Å². The smallest absolute Gasteiger partial charge is 0.254 e. The number of ether oxygens (including phenoxy) is 1. The van der Waals surface area contributed by atoms with Crippen molar-refractivity contribution in [2.45, 2.75) is 19.6 Å². The fourth-order valence-corrected chi connectivity index (χ4v) is 5.19. The molecule has 3 aromatic heterocycles. The first-order valence-electron chi connectivity index (χ1n) is 12.6. The number of anilines is 1. The standard InChI is InChI=1S/C28H24BrF2N7O2/c1-16-5-4-8-24-33-22(14-38(16)24)23-15-36(9-10-40-23)28(39)18-7-3-2-6-17(18)12-37-13-21(34-35-37)19-11-20(30)25(29)26(31)27(19)32/h2-8,11,13-14,23H,9-10,12,15,32H2,1H3. The molecule has 2 N–H and O–H groups in total. The second-order valence-corrected chi connectivity index (χ2v) is 10.4. The van der Waals surface area contributed by atoms with Crippen molar-refractivity contribution in [1.29, 1.82) is 0 Å². The van der Waals surface area contributed by atoms with Crippen LogP contribution >= 0.6 is 15.9 Å². The average Bonchev–Trinajstić information content (AvgIpc) is 3.62. The number of nitrogens with two attached hydrogens (primary N) is 1. The molecule has 204 valence electrons. The van der Waals surface area contributed by atoms with Crippen molar-refractivity contribution in [3.8, 4) is 11.3 Å². The van der Waals surface area contributed by atoms with Gasteiger partial charge in [0.15, 0.2) is 5.82 Å². The minimum Gasteiger partial charge on any atom is -0.396 e. The Morgan fingerprint density at radius 3 is 2.83 bits per heavy atom. The van der Waals surface area contributed by atoms with Gasteiger partial charge < -0.3 is 19.8 Å². The van der Waals surface area contributed by atoms with E-state index >= 15 is 0 Å². The van der Waals surface area contributed by atoms with Gasteiger partial charge in [-0.05, 0) is 52.7 Å². The van der Waals surface area contributed by atoms with Crippen LogP contribution in [0.15, 0.2) is 65.4 Å². The molecule has 1 aliphatic rings. The van der Waals surface area contributed by atoms with Crippen molar-refractivity contribution in [2.24, 2.45) is 0 Å². The van der Waals surface area contributed by atoms with Crippen LogP contribution in [-0.2, 0) is 11.3 Å². The van der Waals surface area contributed by atoms with Gasteiger partial charge in [0.25, 0.3) is 5.91 Å². The van der Waals surface area contributed by atoms with Crippen molar-refractivity contribution in [3.05, 3.63) is 99.5 Å². The Balaban J connectivity index is 1.22. The minimum atomic E-state index is -0.900. The molecule has 0 aliphatic carbocycles. The van der Waals surface area contributed by atoms with E-state index in [2.05, 4.69) is 26.2 Å². The van der Waals surface area contributed by atoms with Gasteiger partial charge in [-0.15, -0.1) is 5.10 Å². The van der Waals surface area contributed by atoms with Gasteiger partial charge in [-0.1, -0.05) is 29.5 Å². The molecule has 4 heterocycles. The fraction of sp³-hybridized carbons (Fsp3) is 0.214. The molecule has 40 heavy (non-hydrogen) atoms. The number of aryl methyl sites for hydroxylation is 1. The first-order valence-corrected chi connectivity index (χ1v) is 13.4. The number of hydrogen-bond acceptors (Lipinski definition) is 6. The summed E-state index contributed by atoms with van der Waals surface area (Å²) in [5, 5.41) is 8.15. The highest BCUT2D eigenvalue weighted by Crippen LogP contribution is 2.33. The number of hydrogen-bond donors (Lipinski definition) is 1. The highest BCUT2D eigenvalue weighted by Gasteiger charge is 2.29. The second-order valence-electron chi connectivity index (χ2n) is 9.58. The van der Waals surface area contributed by atoms with Crippen molar-refractivity contribution in [1.82, 2.24) is 29.3 Å². The summed E-state index contributed by atoms with van der Waals surface area (Å²) in [5.41, 5.74) is 9.83. The molecule has 0 radical (unpaired) electrons. The molecular weight excluding hydrogens is 584 g/mol. The number of pyridine rings is 1. The molecule has 0 saturated carbocycles. The summed E-state index contributed by atoms with van der Waals surface area (Å²) in [6.45, 7) is 3.43. The van der Waals surface area contributed by atoms with Gasteiger partial charge in [-0.3, -0.25) is 4.79 Å². The molecule has 12 heteroatoms. The van der Waals surface area contributed by atoms with Crippen LogP contribution in [0.5, 0.6) is 0 Å². The first-order chi connectivity index (χ1) is 19.3. The van der Waals surface area contributed by atoms with Gasteiger partial charge in [-0.25, -0.2) is 18.4 Å². The SMILES string of the molecule is Cc1cccc2nc(C3CN(C(=O)c4ccccc4Cn4cc(-c5cc(F)c(Br)c(F)c5N)nn4)CCO3)cn12. The highest BCUT2D eigenvalue weighted by molar-refractivity contribution is 9.10. The van der Waals surface area contributed by atoms with Gasteiger partial charge in [0, 0.05) is 29.6 Å². The van der Waals surface area contributed by atoms with Crippen LogP contribution in [0.4, 0.5) is 14.5 Å². The zero-order valence-corrected chi connectivity index (χ0v) is 23.0. The molecule has 1 atom stereocenters. The molecule has 1 amide bonds. The largest absolute Gasteiger partial charge is 0.396 e. The third-order valence-electron chi connectivity index (χ3n) is 6.99. The number of rotatable bonds is 5. The number of carbonyl (C=O) groups excluding carboxylic acids is 1. The zero-order valence-electron chi connectivity index (χ0n) is 21.4. The van der Waals surface area contributed by atoms with E-state index in [9.17, 15) is 13.6 Å². The lowest BCUT2D eigenvalue weighted by Crippen LogP contribution is -2.42. The van der Waals surface area contributed by atoms with Crippen molar-refractivity contribution >= 4 is 33.2 Å². The van der Waals surface area contributed by atoms with E-state index in [1.54, 1.807) is 17.0 Å². The topological polar surface area (TPSA) is 104 Å². The maximum absolute atomic E-state index is 14.3. The van der Waals surface area contributed by atoms with E-state index < -0.39 is 11.6 Å². The number of halogens is 3. The summed E-state index contributed by atoms with van der Waals surface area (Å²) >= 11 is 2.85. The van der Waals surface area contributed by atoms with Crippen molar-refractivity contribution in [3.63, 3.8) is 0 Å². The van der Waals surface area contributed by atoms with Crippen LogP contribution in [0.1, 0.15) is 33.4 Å². The molecule has 1 fully saturated rings. The molecule has 0 bridgehead atoms. The second kappa shape index (κ2) is 10.4. The molecule has 5 aromatic rings. The van der Waals surface area contributed by atoms with E-state index in [0.29, 0.717) is 25.3 Å². The third kappa shape index (κ3) is 4.73. The van der Waals surface area contributed by atoms with E-state index in [4.69, 9.17) is 15.5 Å². The number of nitrogens with zero attached hydrogens (tertiary/aromatic N) is 6. The maximum atomic E-state index is 14.3. The number of aromatic nitrogens is 5. The Morgan fingerprint density at radius 2 is 2.00 bits per heavy atom. The van der Waals surface area contributed by atoms with Crippen molar-refractivity contribution < 1.29 is 18.3 Å². The Bertz CT molecular complexity index is 1750. The molecule has 2 aromatic carbocycles. The summed E-state index contributed by atoms with van der Waals surface area (Å²) in [6.07, 6.45) is 3.14. The summed E-state index contributed by atoms with van der Waals surface area (Å²) in [7, 11) is 0. The van der Waals surface area contributed by atoms with E-state index in [1.165, 1.54) is 10.9 Å². The molecule has 9 nitrogen and oxygen atoms in total. The van der Waals surface area contributed by atoms with Crippen LogP contribution in [0, 0.1) is 18.6 Å². The van der Waals surface area contributed by atoms with Crippen LogP contribution < -0.4 is 5.73 Å². The van der Waals surface area contributed by atoms with Gasteiger partial charge in [0.1, 0.15) is 23.3 Å². The monoisotopic (exact) mass is 607 g/mol. The lowest BCUT2D eigenvalue weighted by Gasteiger charge is -2.32. The third-order valence-corrected chi connectivity index (χ3v) is 7.72. The van der Waals surface area contributed by atoms with E-state index in [1.807, 2.05) is 47.9 Å². The number of nitrogen functional groups attached to an aromatic ring is 1. The Hall–Kier alpha value is -4.16. The lowest BCUT2D eigenvalue weighted by molar-refractivity contribution is -0.0245. The highest BCUT2D eigenvalue weighted by atomic mass is 79.9. The van der Waals surface area contributed by atoms with Gasteiger partial charge in [-0.2, -0.15) is 0 Å². The summed E-state index contributed by atoms with van der Waals surface area (Å²) < 4.78 is 37.6. The van der Waals surface area contributed by atoms with Crippen LogP contribution in [-0.4, -0.2) is 54.9 Å². The molecule has 1 aliphatic heterocycles. The Morgan fingerprint density at radius 1 is 1.18 bits per heavy atom. The average molecular weight is 608 g/mol. The quantitative estimate of drug-likeness (QED) is 0.228. The summed E-state index contributed by atoms with van der Waals surface area (Å²) in [6, 6.07) is 14.3. The molecule has 1 unspecified atom stereocenters. The number of imidazole rings is 1. The molecule has 0 spiro atoms. The van der Waals surface area contributed by atoms with Crippen LogP contribution in [0.3, 0.4) is 0 Å². The van der Waals surface area contributed by atoms with Gasteiger partial charge in [0.05, 0.1) is 41.7 Å². The normalized spacial score (nSPS) is 15.6. The predicted molar refractivity (Wildman–Crippen MR) is 148 cm³/mol. The fourth-order valence-electron chi connectivity index (χ4n) is 4.87. The molecular formula is C28H24BrF2N7O2. The number of carbonyl (C=O) groups is 1. The zero-order chi connectivity index (χ0) is 28.0. The Kier molecular flexibility index (Phi) is 6.80. The number of morpholine rings is 1. The summed E-state index contributed by atoms with van der Waals surface area (Å²) in [4.78, 5) is 20.2. The molecule has 6 rings (SSSR count). The molecule has 1 saturated heterocycles. The number of fused-ring (bicyclic) bond motifs is 1. The van der Waals surface area contributed by atoms with Crippen LogP contribution in [0.25, 0.3) is 16.9 Å². The Labute approximate surface area is 236 Å². The maximum Gasteiger partial charge on any atom is 0.254 e. The van der Waals surface area contributed by atoms with Crippen molar-refractivity contribution in [2.75, 3.05) is 25.4 Å². The lowest BCUT2D eigenvalue weighted by atomic mass is 10.1. The number of amides is 1. The first kappa shape index (κ1) is 26.1. The minimum absolute atomic E-state index is 0.0929. The summed E-state index contributed by atoms with van der Waals surface area (Å²) in [5.74, 6) is -1.83. The predicted octanol–water partition coefficient (Wildman–Crippen LogP) is 4.79. The number of benzene rings is 2. The van der Waals surface area contributed by atoms with E-state index in [0.717, 1.165) is 28.7 Å². The van der Waals surface area contributed by atoms with Crippen LogP contribution in [0.2, 0.25) is 0 Å². The van der Waals surface area contributed by atoms with Gasteiger partial charge in [0.2, 0.25) is 0 Å². The van der Waals surface area contributed by atoms with E-state index in [-0.39, 0.29) is 40.0 Å².